The lowest BCUT2D eigenvalue weighted by atomic mass is 10.1. The molecule has 0 aliphatic rings. The quantitative estimate of drug-likeness (QED) is 0.644. The van der Waals surface area contributed by atoms with E-state index in [0.717, 1.165) is 5.69 Å². The molecule has 0 fully saturated rings. The molecule has 1 heterocycles. The van der Waals surface area contributed by atoms with E-state index in [1.807, 2.05) is 30.3 Å². The van der Waals surface area contributed by atoms with E-state index >= 15 is 0 Å². The van der Waals surface area contributed by atoms with Crippen molar-refractivity contribution in [3.05, 3.63) is 52.7 Å². The van der Waals surface area contributed by atoms with Crippen LogP contribution in [0.4, 0.5) is 11.5 Å². The molecule has 0 aliphatic carbocycles. The lowest BCUT2D eigenvalue weighted by Crippen LogP contribution is -2.12. The van der Waals surface area contributed by atoms with E-state index in [2.05, 4.69) is 10.3 Å². The fourth-order valence-electron chi connectivity index (χ4n) is 1.93. The first-order chi connectivity index (χ1) is 10.5. The summed E-state index contributed by atoms with van der Waals surface area (Å²) < 4.78 is 4.95. The van der Waals surface area contributed by atoms with Crippen molar-refractivity contribution in [1.29, 1.82) is 5.41 Å². The Morgan fingerprint density at radius 3 is 2.64 bits per heavy atom. The first-order valence-corrected chi connectivity index (χ1v) is 7.16. The lowest BCUT2D eigenvalue weighted by Gasteiger charge is -2.13. The average molecular weight is 318 g/mol. The minimum Gasteiger partial charge on any atom is -0.461 e. The SMILES string of the molecule is CCOC(=O)c1cc(Cl)c(C(C)=N)c(Nc2ccccc2)n1. The van der Waals surface area contributed by atoms with E-state index in [-0.39, 0.29) is 23.0 Å². The van der Waals surface area contributed by atoms with E-state index < -0.39 is 5.97 Å². The Hall–Kier alpha value is -2.40. The number of rotatable bonds is 5. The summed E-state index contributed by atoms with van der Waals surface area (Å²) in [4.78, 5) is 16.1. The third-order valence-corrected chi connectivity index (χ3v) is 3.17. The van der Waals surface area contributed by atoms with E-state index in [9.17, 15) is 4.79 Å². The van der Waals surface area contributed by atoms with Gasteiger partial charge in [-0.15, -0.1) is 0 Å². The summed E-state index contributed by atoms with van der Waals surface area (Å²) in [5.41, 5.74) is 1.61. The van der Waals surface area contributed by atoms with Gasteiger partial charge in [0.2, 0.25) is 0 Å². The van der Waals surface area contributed by atoms with Gasteiger partial charge in [-0.2, -0.15) is 0 Å². The molecule has 2 rings (SSSR count). The topological polar surface area (TPSA) is 75.1 Å². The van der Waals surface area contributed by atoms with Gasteiger partial charge in [0.15, 0.2) is 5.69 Å². The maximum Gasteiger partial charge on any atom is 0.357 e. The molecule has 0 bridgehead atoms. The van der Waals surface area contributed by atoms with Crippen molar-refractivity contribution in [3.63, 3.8) is 0 Å². The number of hydrogen-bond acceptors (Lipinski definition) is 5. The highest BCUT2D eigenvalue weighted by molar-refractivity contribution is 6.35. The molecular weight excluding hydrogens is 302 g/mol. The van der Waals surface area contributed by atoms with Gasteiger partial charge < -0.3 is 15.5 Å². The van der Waals surface area contributed by atoms with Crippen molar-refractivity contribution >= 4 is 34.8 Å². The second kappa shape index (κ2) is 7.04. The van der Waals surface area contributed by atoms with Crippen LogP contribution >= 0.6 is 11.6 Å². The minimum absolute atomic E-state index is 0.107. The number of anilines is 2. The van der Waals surface area contributed by atoms with Crippen molar-refractivity contribution in [2.24, 2.45) is 0 Å². The molecule has 0 saturated heterocycles. The maximum absolute atomic E-state index is 11.9. The number of nitrogens with one attached hydrogen (secondary N) is 2. The molecule has 2 aromatic rings. The second-order valence-electron chi connectivity index (χ2n) is 4.55. The molecule has 0 unspecified atom stereocenters. The molecule has 6 heteroatoms. The van der Waals surface area contributed by atoms with Crippen molar-refractivity contribution in [3.8, 4) is 0 Å². The van der Waals surface area contributed by atoms with Crippen LogP contribution in [0.2, 0.25) is 5.02 Å². The number of aromatic nitrogens is 1. The number of carbonyl (C=O) groups is 1. The zero-order valence-corrected chi connectivity index (χ0v) is 13.1. The Kier molecular flexibility index (Phi) is 5.12. The molecule has 1 aromatic carbocycles. The molecule has 5 nitrogen and oxygen atoms in total. The largest absolute Gasteiger partial charge is 0.461 e. The second-order valence-corrected chi connectivity index (χ2v) is 4.96. The lowest BCUT2D eigenvalue weighted by molar-refractivity contribution is 0.0519. The van der Waals surface area contributed by atoms with Crippen LogP contribution in [0, 0.1) is 5.41 Å². The van der Waals surface area contributed by atoms with Crippen molar-refractivity contribution in [2.45, 2.75) is 13.8 Å². The molecule has 0 radical (unpaired) electrons. The van der Waals surface area contributed by atoms with Crippen LogP contribution in [0.15, 0.2) is 36.4 Å². The standard InChI is InChI=1S/C16H16ClN3O2/c1-3-22-16(21)13-9-12(17)14(10(2)18)15(20-13)19-11-7-5-4-6-8-11/h4-9,18H,3H2,1-2H3,(H,19,20). The van der Waals surface area contributed by atoms with Gasteiger partial charge >= 0.3 is 5.97 Å². The van der Waals surface area contributed by atoms with Gasteiger partial charge in [-0.05, 0) is 32.0 Å². The summed E-state index contributed by atoms with van der Waals surface area (Å²) in [7, 11) is 0. The van der Waals surface area contributed by atoms with Crippen molar-refractivity contribution < 1.29 is 9.53 Å². The first kappa shape index (κ1) is 16.0. The van der Waals surface area contributed by atoms with E-state index in [1.165, 1.54) is 6.07 Å². The molecular formula is C16H16ClN3O2. The number of para-hydroxylation sites is 1. The number of ether oxygens (including phenoxy) is 1. The van der Waals surface area contributed by atoms with Crippen LogP contribution in [0.5, 0.6) is 0 Å². The molecule has 0 aliphatic heterocycles. The Bertz CT molecular complexity index is 702. The van der Waals surface area contributed by atoms with Gasteiger partial charge in [0, 0.05) is 11.4 Å². The highest BCUT2D eigenvalue weighted by Crippen LogP contribution is 2.27. The monoisotopic (exact) mass is 317 g/mol. The smallest absolute Gasteiger partial charge is 0.357 e. The van der Waals surface area contributed by atoms with E-state index in [1.54, 1.807) is 13.8 Å². The molecule has 0 saturated carbocycles. The third kappa shape index (κ3) is 3.62. The van der Waals surface area contributed by atoms with Gasteiger partial charge in [0.05, 0.1) is 17.2 Å². The van der Waals surface area contributed by atoms with Crippen molar-refractivity contribution in [2.75, 3.05) is 11.9 Å². The molecule has 0 amide bonds. The fraction of sp³-hybridized carbons (Fsp3) is 0.188. The summed E-state index contributed by atoms with van der Waals surface area (Å²) in [5, 5.41) is 11.2. The normalized spacial score (nSPS) is 10.1. The minimum atomic E-state index is -0.547. The summed E-state index contributed by atoms with van der Waals surface area (Å²) in [6.45, 7) is 3.59. The van der Waals surface area contributed by atoms with Crippen LogP contribution in [0.25, 0.3) is 0 Å². The zero-order valence-electron chi connectivity index (χ0n) is 12.3. The fourth-order valence-corrected chi connectivity index (χ4v) is 2.26. The van der Waals surface area contributed by atoms with Crippen LogP contribution in [0.1, 0.15) is 29.9 Å². The highest BCUT2D eigenvalue weighted by atomic mass is 35.5. The predicted octanol–water partition coefficient (Wildman–Crippen LogP) is 4.04. The van der Waals surface area contributed by atoms with Crippen LogP contribution in [-0.4, -0.2) is 23.3 Å². The predicted molar refractivity (Wildman–Crippen MR) is 87.4 cm³/mol. The number of benzene rings is 1. The van der Waals surface area contributed by atoms with Gasteiger partial charge in [-0.3, -0.25) is 0 Å². The number of carbonyl (C=O) groups excluding carboxylic acids is 1. The Morgan fingerprint density at radius 1 is 1.36 bits per heavy atom. The molecule has 114 valence electrons. The van der Waals surface area contributed by atoms with E-state index in [0.29, 0.717) is 11.4 Å². The number of nitrogens with zero attached hydrogens (tertiary/aromatic N) is 1. The molecule has 0 spiro atoms. The van der Waals surface area contributed by atoms with Crippen LogP contribution < -0.4 is 5.32 Å². The number of halogens is 1. The van der Waals surface area contributed by atoms with Gasteiger partial charge in [-0.25, -0.2) is 9.78 Å². The zero-order chi connectivity index (χ0) is 16.1. The molecule has 2 N–H and O–H groups in total. The highest BCUT2D eigenvalue weighted by Gasteiger charge is 2.18. The molecule has 1 aromatic heterocycles. The summed E-state index contributed by atoms with van der Waals surface area (Å²) in [6, 6.07) is 10.8. The van der Waals surface area contributed by atoms with Crippen molar-refractivity contribution in [1.82, 2.24) is 4.98 Å². The van der Waals surface area contributed by atoms with Gasteiger partial charge in [-0.1, -0.05) is 29.8 Å². The Balaban J connectivity index is 2.48. The summed E-state index contributed by atoms with van der Waals surface area (Å²) in [5.74, 6) is -0.191. The maximum atomic E-state index is 11.9. The Labute approximate surface area is 133 Å². The van der Waals surface area contributed by atoms with Gasteiger partial charge in [0.25, 0.3) is 0 Å². The Morgan fingerprint density at radius 2 is 2.05 bits per heavy atom. The summed E-state index contributed by atoms with van der Waals surface area (Å²) in [6.07, 6.45) is 0. The van der Waals surface area contributed by atoms with Crippen LogP contribution in [0.3, 0.4) is 0 Å². The number of hydrogen-bond donors (Lipinski definition) is 2. The number of esters is 1. The first-order valence-electron chi connectivity index (χ1n) is 6.78. The average Bonchev–Trinajstić information content (AvgIpc) is 2.47. The van der Waals surface area contributed by atoms with E-state index in [4.69, 9.17) is 21.7 Å². The molecule has 0 atom stereocenters. The van der Waals surface area contributed by atoms with Gasteiger partial charge in [0.1, 0.15) is 5.82 Å². The molecule has 22 heavy (non-hydrogen) atoms. The summed E-state index contributed by atoms with van der Waals surface area (Å²) >= 11 is 6.21. The number of pyridine rings is 1. The van der Waals surface area contributed by atoms with Crippen LogP contribution in [-0.2, 0) is 4.74 Å². The third-order valence-electron chi connectivity index (χ3n) is 2.87.